The lowest BCUT2D eigenvalue weighted by Crippen LogP contribution is -2.42. The third-order valence-electron chi connectivity index (χ3n) is 7.98. The summed E-state index contributed by atoms with van der Waals surface area (Å²) < 4.78 is 9.37. The van der Waals surface area contributed by atoms with Gasteiger partial charge in [0.1, 0.15) is 34.7 Å². The van der Waals surface area contributed by atoms with E-state index in [4.69, 9.17) is 44.5 Å². The fourth-order valence-corrected chi connectivity index (χ4v) is 5.89. The Morgan fingerprint density at radius 3 is 2.51 bits per heavy atom. The first kappa shape index (κ1) is 35.4. The van der Waals surface area contributed by atoms with E-state index in [1.54, 1.807) is 59.7 Å². The van der Waals surface area contributed by atoms with Gasteiger partial charge in [-0.15, -0.1) is 0 Å². The number of aliphatic imine (C=N–C) groups is 1. The van der Waals surface area contributed by atoms with Crippen LogP contribution in [0.5, 0.6) is 5.75 Å². The Morgan fingerprint density at radius 2 is 1.82 bits per heavy atom. The molecule has 0 fully saturated rings. The highest BCUT2D eigenvalue weighted by atomic mass is 35.5. The molecular formula is C35H39Cl2N9O3. The molecule has 5 rings (SSSR count). The molecular weight excluding hydrogens is 665 g/mol. The summed E-state index contributed by atoms with van der Waals surface area (Å²) in [5.41, 5.74) is 9.20. The highest BCUT2D eigenvalue weighted by Gasteiger charge is 2.30. The molecule has 2 unspecified atom stereocenters. The van der Waals surface area contributed by atoms with Crippen LogP contribution in [0.3, 0.4) is 0 Å². The first-order chi connectivity index (χ1) is 23.3. The first-order valence-electron chi connectivity index (χ1n) is 15.7. The molecule has 4 aromatic rings. The predicted octanol–water partition coefficient (Wildman–Crippen LogP) is 6.21. The minimum absolute atomic E-state index is 0.0497. The number of amidine groups is 1. The number of allylic oxidation sites excluding steroid dienone is 1. The molecule has 0 aliphatic heterocycles. The third-order valence-corrected chi connectivity index (χ3v) is 8.61. The standard InChI is InChI=1S/C35H39Cl2N9O3/c1-35(2,3)29(38)17-31(42-21-18-41-45(19-21)15-16-47)44-34(48)43-27-12-13-28(24-8-5-4-7-23(24)27)49-22-11-14-30(39)46(20-22)33(40)32-25(36)9-6-10-26(32)37/h4-11,14,17-20,27-28,39-40,47H,12-13,15-16,38H2,1-3H3,(H2,42,43,44,48). The normalized spacial score (nSPS) is 16.5. The molecule has 49 heavy (non-hydrogen) atoms. The molecule has 12 nitrogen and oxygen atoms in total. The topological polar surface area (TPSA) is 179 Å². The summed E-state index contributed by atoms with van der Waals surface area (Å²) in [6.45, 7) is 6.15. The van der Waals surface area contributed by atoms with Crippen molar-refractivity contribution < 1.29 is 14.6 Å². The van der Waals surface area contributed by atoms with Crippen LogP contribution in [-0.4, -0.2) is 43.8 Å². The highest BCUT2D eigenvalue weighted by molar-refractivity contribution is 6.40. The van der Waals surface area contributed by atoms with Gasteiger partial charge in [0, 0.05) is 17.2 Å². The van der Waals surface area contributed by atoms with Crippen molar-refractivity contribution in [3.63, 3.8) is 0 Å². The number of nitrogens with one attached hydrogen (secondary N) is 4. The quantitative estimate of drug-likeness (QED) is 0.0942. The van der Waals surface area contributed by atoms with Crippen LogP contribution in [0.25, 0.3) is 0 Å². The molecule has 2 atom stereocenters. The van der Waals surface area contributed by atoms with Gasteiger partial charge in [-0.25, -0.2) is 9.79 Å². The number of carbonyl (C=O) groups excluding carboxylic acids is 1. The van der Waals surface area contributed by atoms with E-state index < -0.39 is 6.03 Å². The minimum atomic E-state index is -0.456. The van der Waals surface area contributed by atoms with Gasteiger partial charge in [-0.3, -0.25) is 25.4 Å². The van der Waals surface area contributed by atoms with Crippen LogP contribution < -0.4 is 26.6 Å². The smallest absolute Gasteiger partial charge is 0.320 e. The van der Waals surface area contributed by atoms with Crippen LogP contribution in [0, 0.1) is 16.2 Å². The number of hydrogen-bond donors (Lipinski definition) is 6. The van der Waals surface area contributed by atoms with Crippen LogP contribution in [0.15, 0.2) is 90.0 Å². The van der Waals surface area contributed by atoms with Crippen molar-refractivity contribution in [2.45, 2.75) is 52.3 Å². The van der Waals surface area contributed by atoms with E-state index in [0.717, 1.165) is 11.1 Å². The lowest BCUT2D eigenvalue weighted by Gasteiger charge is -2.32. The SMILES string of the molecule is CC(C)(C)C(N)=CC(=Nc1cnn(CCO)c1)NC(=O)NC1CCC(Oc2ccc(=N)n(C(=N)c3c(Cl)cccc3Cl)c2)c2ccccc21. The molecule has 0 spiro atoms. The number of aromatic nitrogens is 3. The zero-order valence-electron chi connectivity index (χ0n) is 27.4. The fraction of sp³-hybridized carbons (Fsp3) is 0.286. The Morgan fingerprint density at radius 1 is 1.10 bits per heavy atom. The number of urea groups is 1. The van der Waals surface area contributed by atoms with Crippen LogP contribution in [0.2, 0.25) is 10.0 Å². The van der Waals surface area contributed by atoms with Gasteiger partial charge in [-0.1, -0.05) is 74.3 Å². The number of nitrogens with two attached hydrogens (primary N) is 1. The van der Waals surface area contributed by atoms with Gasteiger partial charge in [-0.05, 0) is 48.2 Å². The second-order valence-corrected chi connectivity index (χ2v) is 13.4. The van der Waals surface area contributed by atoms with Gasteiger partial charge < -0.3 is 20.9 Å². The Bertz CT molecular complexity index is 1960. The molecule has 14 heteroatoms. The van der Waals surface area contributed by atoms with E-state index in [1.165, 1.54) is 4.57 Å². The number of halogens is 2. The van der Waals surface area contributed by atoms with E-state index in [9.17, 15) is 9.90 Å². The second-order valence-electron chi connectivity index (χ2n) is 12.6. The number of carbonyl (C=O) groups is 1. The number of pyridine rings is 1. The summed E-state index contributed by atoms with van der Waals surface area (Å²) in [7, 11) is 0. The maximum absolute atomic E-state index is 13.4. The van der Waals surface area contributed by atoms with Crippen molar-refractivity contribution in [3.8, 4) is 5.75 Å². The van der Waals surface area contributed by atoms with E-state index in [-0.39, 0.29) is 41.3 Å². The second kappa shape index (κ2) is 15.1. The van der Waals surface area contributed by atoms with Crippen LogP contribution in [0.1, 0.15) is 62.4 Å². The third kappa shape index (κ3) is 8.58. The maximum Gasteiger partial charge on any atom is 0.320 e. The molecule has 256 valence electrons. The van der Waals surface area contributed by atoms with Crippen molar-refractivity contribution in [2.24, 2.45) is 16.1 Å². The number of hydrogen-bond acceptors (Lipinski definition) is 8. The van der Waals surface area contributed by atoms with E-state index in [0.29, 0.717) is 52.1 Å². The average molecular weight is 705 g/mol. The molecule has 0 bridgehead atoms. The Hall–Kier alpha value is -4.91. The molecule has 1 aliphatic carbocycles. The molecule has 2 amide bonds. The van der Waals surface area contributed by atoms with E-state index >= 15 is 0 Å². The minimum Gasteiger partial charge on any atom is -0.484 e. The Kier molecular flexibility index (Phi) is 10.9. The van der Waals surface area contributed by atoms with Crippen molar-refractivity contribution >= 4 is 46.6 Å². The van der Waals surface area contributed by atoms with Gasteiger partial charge in [0.25, 0.3) is 0 Å². The maximum atomic E-state index is 13.4. The number of amides is 2. The number of fused-ring (bicyclic) bond motifs is 1. The largest absolute Gasteiger partial charge is 0.484 e. The number of benzene rings is 2. The number of aliphatic hydroxyl groups excluding tert-OH is 1. The highest BCUT2D eigenvalue weighted by Crippen LogP contribution is 2.38. The molecule has 2 aromatic carbocycles. The number of nitrogens with zero attached hydrogens (tertiary/aromatic N) is 4. The fourth-order valence-electron chi connectivity index (χ4n) is 5.31. The predicted molar refractivity (Wildman–Crippen MR) is 191 cm³/mol. The summed E-state index contributed by atoms with van der Waals surface area (Å²) in [5, 5.41) is 37.1. The van der Waals surface area contributed by atoms with E-state index in [1.807, 2.05) is 45.0 Å². The first-order valence-corrected chi connectivity index (χ1v) is 16.4. The molecule has 0 saturated carbocycles. The summed E-state index contributed by atoms with van der Waals surface area (Å²) in [6.07, 6.45) is 7.25. The van der Waals surface area contributed by atoms with Gasteiger partial charge in [0.15, 0.2) is 0 Å². The van der Waals surface area contributed by atoms with E-state index in [2.05, 4.69) is 20.7 Å². The molecule has 7 N–H and O–H groups in total. The van der Waals surface area contributed by atoms with Gasteiger partial charge >= 0.3 is 6.03 Å². The summed E-state index contributed by atoms with van der Waals surface area (Å²) >= 11 is 12.7. The molecule has 2 heterocycles. The molecule has 2 aromatic heterocycles. The molecule has 0 radical (unpaired) electrons. The summed E-state index contributed by atoms with van der Waals surface area (Å²) in [5.74, 6) is 0.652. The Balaban J connectivity index is 1.34. The lowest BCUT2D eigenvalue weighted by molar-refractivity contribution is 0.171. The zero-order chi connectivity index (χ0) is 35.3. The monoisotopic (exact) mass is 703 g/mol. The Labute approximate surface area is 294 Å². The van der Waals surface area contributed by atoms with Crippen LogP contribution in [-0.2, 0) is 6.54 Å². The van der Waals surface area contributed by atoms with Gasteiger partial charge in [0.05, 0.1) is 53.4 Å². The van der Waals surface area contributed by atoms with Gasteiger partial charge in [0.2, 0.25) is 0 Å². The summed E-state index contributed by atoms with van der Waals surface area (Å²) in [4.78, 5) is 18.0. The van der Waals surface area contributed by atoms with Crippen molar-refractivity contribution in [1.29, 1.82) is 10.8 Å². The zero-order valence-corrected chi connectivity index (χ0v) is 28.9. The van der Waals surface area contributed by atoms with Crippen LogP contribution >= 0.6 is 23.2 Å². The molecule has 0 saturated heterocycles. The number of rotatable bonds is 8. The van der Waals surface area contributed by atoms with Crippen molar-refractivity contribution in [3.05, 3.63) is 117 Å². The average Bonchev–Trinajstić information content (AvgIpc) is 3.49. The molecule has 1 aliphatic rings. The lowest BCUT2D eigenvalue weighted by atomic mass is 9.85. The van der Waals surface area contributed by atoms with Crippen molar-refractivity contribution in [1.82, 2.24) is 25.0 Å². The van der Waals surface area contributed by atoms with Crippen molar-refractivity contribution in [2.75, 3.05) is 6.61 Å². The van der Waals surface area contributed by atoms with Crippen LogP contribution in [0.4, 0.5) is 10.5 Å². The summed E-state index contributed by atoms with van der Waals surface area (Å²) in [6, 6.07) is 15.2. The van der Waals surface area contributed by atoms with Gasteiger partial charge in [-0.2, -0.15) is 5.10 Å². The number of ether oxygens (including phenoxy) is 1. The number of aliphatic hydroxyl groups is 1.